The van der Waals surface area contributed by atoms with Crippen molar-refractivity contribution >= 4 is 44.0 Å². The molecule has 0 spiro atoms. The van der Waals surface area contributed by atoms with E-state index < -0.39 is 11.6 Å². The van der Waals surface area contributed by atoms with Gasteiger partial charge in [0.1, 0.15) is 0 Å². The van der Waals surface area contributed by atoms with Crippen LogP contribution in [0.25, 0.3) is 10.2 Å². The molecule has 4 rings (SSSR count). The Morgan fingerprint density at radius 3 is 2.62 bits per heavy atom. The zero-order chi connectivity index (χ0) is 18.3. The number of carbonyl (C=O) groups excluding carboxylic acids is 1. The molecule has 8 heteroatoms. The van der Waals surface area contributed by atoms with Gasteiger partial charge in [-0.3, -0.25) is 15.1 Å². The number of halogens is 2. The summed E-state index contributed by atoms with van der Waals surface area (Å²) in [6.45, 7) is 2.81. The molecule has 2 aromatic carbocycles. The monoisotopic (exact) mass is 372 g/mol. The van der Waals surface area contributed by atoms with Gasteiger partial charge in [-0.2, -0.15) is 5.10 Å². The number of rotatable bonds is 3. The molecule has 1 aliphatic heterocycles. The molecule has 0 saturated carbocycles. The second kappa shape index (κ2) is 6.45. The molecule has 0 unspecified atom stereocenters. The van der Waals surface area contributed by atoms with E-state index in [1.165, 1.54) is 0 Å². The van der Waals surface area contributed by atoms with Crippen LogP contribution in [0.5, 0.6) is 0 Å². The fraction of sp³-hybridized carbons (Fsp3) is 0.167. The lowest BCUT2D eigenvalue weighted by Crippen LogP contribution is -2.14. The number of hydrogen-bond donors (Lipinski definition) is 1. The summed E-state index contributed by atoms with van der Waals surface area (Å²) in [5.41, 5.74) is 2.77. The van der Waals surface area contributed by atoms with Crippen molar-refractivity contribution in [2.45, 2.75) is 13.3 Å². The molecule has 1 aliphatic rings. The van der Waals surface area contributed by atoms with Gasteiger partial charge in [0, 0.05) is 30.3 Å². The fourth-order valence-electron chi connectivity index (χ4n) is 2.69. The zero-order valence-electron chi connectivity index (χ0n) is 13.8. The van der Waals surface area contributed by atoms with Gasteiger partial charge in [-0.05, 0) is 37.3 Å². The van der Waals surface area contributed by atoms with Gasteiger partial charge in [0.05, 0.1) is 15.9 Å². The normalized spacial score (nSPS) is 14.0. The van der Waals surface area contributed by atoms with Crippen LogP contribution in [-0.4, -0.2) is 23.1 Å². The summed E-state index contributed by atoms with van der Waals surface area (Å²) in [5.74, 6) is -2.23. The summed E-state index contributed by atoms with van der Waals surface area (Å²) in [6.07, 6.45) is 0.932. The largest absolute Gasteiger partial charge is 0.298 e. The fourth-order valence-corrected chi connectivity index (χ4v) is 3.56. The highest BCUT2D eigenvalue weighted by Gasteiger charge is 2.15. The van der Waals surface area contributed by atoms with E-state index in [-0.39, 0.29) is 5.91 Å². The first-order valence-corrected chi connectivity index (χ1v) is 8.80. The molecule has 1 amide bonds. The topological polar surface area (TPSA) is 57.6 Å². The van der Waals surface area contributed by atoms with Crippen molar-refractivity contribution in [3.8, 4) is 0 Å². The molecule has 0 fully saturated rings. The van der Waals surface area contributed by atoms with E-state index in [4.69, 9.17) is 0 Å². The number of aromatic nitrogens is 1. The third-order valence-electron chi connectivity index (χ3n) is 4.06. The molecular formula is C18H14F2N4OS. The molecule has 0 bridgehead atoms. The van der Waals surface area contributed by atoms with Gasteiger partial charge in [0.25, 0.3) is 5.91 Å². The van der Waals surface area contributed by atoms with Crippen molar-refractivity contribution in [2.24, 2.45) is 5.10 Å². The van der Waals surface area contributed by atoms with Crippen LogP contribution in [0.3, 0.4) is 0 Å². The minimum Gasteiger partial charge on any atom is -0.298 e. The van der Waals surface area contributed by atoms with Crippen LogP contribution < -0.4 is 10.3 Å². The number of anilines is 2. The maximum Gasteiger partial charge on any atom is 0.257 e. The molecule has 3 aromatic rings. The van der Waals surface area contributed by atoms with E-state index >= 15 is 0 Å². The number of thiazole rings is 1. The predicted octanol–water partition coefficient (Wildman–Crippen LogP) is 4.41. The van der Waals surface area contributed by atoms with E-state index in [1.54, 1.807) is 12.1 Å². The molecular weight excluding hydrogens is 358 g/mol. The van der Waals surface area contributed by atoms with Crippen LogP contribution in [0.15, 0.2) is 41.5 Å². The third kappa shape index (κ3) is 3.15. The van der Waals surface area contributed by atoms with Gasteiger partial charge < -0.3 is 0 Å². The third-order valence-corrected chi connectivity index (χ3v) is 4.99. The molecule has 0 atom stereocenters. The highest BCUT2D eigenvalue weighted by molar-refractivity contribution is 7.22. The van der Waals surface area contributed by atoms with Crippen molar-refractivity contribution in [3.05, 3.63) is 53.6 Å². The molecule has 2 heterocycles. The Kier molecular flexibility index (Phi) is 4.12. The van der Waals surface area contributed by atoms with E-state index in [0.29, 0.717) is 20.9 Å². The van der Waals surface area contributed by atoms with Crippen LogP contribution >= 0.6 is 11.3 Å². The first-order chi connectivity index (χ1) is 12.5. The first-order valence-electron chi connectivity index (χ1n) is 7.98. The predicted molar refractivity (Wildman–Crippen MR) is 99.0 cm³/mol. The summed E-state index contributed by atoms with van der Waals surface area (Å²) in [6, 6.07) is 9.18. The Morgan fingerprint density at radius 2 is 1.92 bits per heavy atom. The number of carbonyl (C=O) groups is 1. The second-order valence-electron chi connectivity index (χ2n) is 5.96. The summed E-state index contributed by atoms with van der Waals surface area (Å²) >= 11 is 1.09. The van der Waals surface area contributed by atoms with Crippen LogP contribution in [0, 0.1) is 11.6 Å². The smallest absolute Gasteiger partial charge is 0.257 e. The van der Waals surface area contributed by atoms with Gasteiger partial charge >= 0.3 is 0 Å². The van der Waals surface area contributed by atoms with Crippen LogP contribution in [-0.2, 0) is 0 Å². The number of hydrazone groups is 1. The Morgan fingerprint density at radius 1 is 1.19 bits per heavy atom. The van der Waals surface area contributed by atoms with E-state index in [2.05, 4.69) is 15.4 Å². The van der Waals surface area contributed by atoms with Crippen LogP contribution in [0.2, 0.25) is 0 Å². The number of amides is 1. The van der Waals surface area contributed by atoms with Crippen LogP contribution in [0.1, 0.15) is 23.7 Å². The average Bonchev–Trinajstić information content (AvgIpc) is 3.21. The first kappa shape index (κ1) is 16.6. The van der Waals surface area contributed by atoms with E-state index in [0.717, 1.165) is 47.8 Å². The van der Waals surface area contributed by atoms with Crippen LogP contribution in [0.4, 0.5) is 19.6 Å². The number of hydrogen-bond acceptors (Lipinski definition) is 5. The highest BCUT2D eigenvalue weighted by Crippen LogP contribution is 2.28. The Bertz CT molecular complexity index is 991. The quantitative estimate of drug-likeness (QED) is 0.741. The Balaban J connectivity index is 1.51. The lowest BCUT2D eigenvalue weighted by Gasteiger charge is -2.13. The van der Waals surface area contributed by atoms with Crippen molar-refractivity contribution in [2.75, 3.05) is 16.9 Å². The molecule has 132 valence electrons. The van der Waals surface area contributed by atoms with Crippen molar-refractivity contribution < 1.29 is 13.6 Å². The number of benzene rings is 2. The Labute approximate surface area is 152 Å². The molecule has 1 aromatic heterocycles. The molecule has 0 radical (unpaired) electrons. The van der Waals surface area contributed by atoms with Gasteiger partial charge in [-0.25, -0.2) is 13.8 Å². The highest BCUT2D eigenvalue weighted by atomic mass is 32.1. The lowest BCUT2D eigenvalue weighted by atomic mass is 10.2. The average molecular weight is 372 g/mol. The maximum absolute atomic E-state index is 13.3. The number of nitrogens with one attached hydrogen (secondary N) is 1. The number of nitrogens with zero attached hydrogens (tertiary/aromatic N) is 3. The van der Waals surface area contributed by atoms with Gasteiger partial charge in [0.2, 0.25) is 0 Å². The molecule has 26 heavy (non-hydrogen) atoms. The van der Waals surface area contributed by atoms with Gasteiger partial charge in [-0.15, -0.1) is 0 Å². The van der Waals surface area contributed by atoms with E-state index in [9.17, 15) is 13.6 Å². The van der Waals surface area contributed by atoms with Gasteiger partial charge in [0.15, 0.2) is 16.8 Å². The SMILES string of the molecule is CC1=NN(c2ccc(C(=O)Nc3nc4cc(F)c(F)cc4s3)cc2)CC1. The maximum atomic E-state index is 13.3. The van der Waals surface area contributed by atoms with E-state index in [1.807, 2.05) is 24.1 Å². The molecule has 5 nitrogen and oxygen atoms in total. The van der Waals surface area contributed by atoms with Gasteiger partial charge in [-0.1, -0.05) is 11.3 Å². The minimum atomic E-state index is -0.962. The lowest BCUT2D eigenvalue weighted by molar-refractivity contribution is 0.102. The summed E-state index contributed by atoms with van der Waals surface area (Å²) in [5, 5.41) is 9.27. The second-order valence-corrected chi connectivity index (χ2v) is 6.99. The standard InChI is InChI=1S/C18H14F2N4OS/c1-10-6-7-24(23-10)12-4-2-11(3-5-12)17(25)22-18-21-15-8-13(19)14(20)9-16(15)26-18/h2-5,8-9H,6-7H2,1H3,(H,21,22,25). The van der Waals surface area contributed by atoms with Crippen molar-refractivity contribution in [1.29, 1.82) is 0 Å². The zero-order valence-corrected chi connectivity index (χ0v) is 14.6. The summed E-state index contributed by atoms with van der Waals surface area (Å²) in [7, 11) is 0. The van der Waals surface area contributed by atoms with Crippen molar-refractivity contribution in [3.63, 3.8) is 0 Å². The Hall–Kier alpha value is -2.87. The summed E-state index contributed by atoms with van der Waals surface area (Å²) in [4.78, 5) is 16.5. The molecule has 0 aliphatic carbocycles. The minimum absolute atomic E-state index is 0.291. The number of fused-ring (bicyclic) bond motifs is 1. The summed E-state index contributed by atoms with van der Waals surface area (Å²) < 4.78 is 27.0. The molecule has 0 saturated heterocycles. The van der Waals surface area contributed by atoms with Crippen molar-refractivity contribution in [1.82, 2.24) is 4.98 Å². The molecule has 1 N–H and O–H groups in total.